The Balaban J connectivity index is 1.63. The lowest BCUT2D eigenvalue weighted by molar-refractivity contribution is -0.240. The summed E-state index contributed by atoms with van der Waals surface area (Å²) in [5, 5.41) is 35.7. The molecule has 0 aromatic heterocycles. The minimum absolute atomic E-state index is 0.0539. The van der Waals surface area contributed by atoms with E-state index >= 15 is 0 Å². The van der Waals surface area contributed by atoms with Gasteiger partial charge in [-0.25, -0.2) is 0 Å². The molecule has 10 nitrogen and oxygen atoms in total. The van der Waals surface area contributed by atoms with Gasteiger partial charge in [0.1, 0.15) is 23.2 Å². The van der Waals surface area contributed by atoms with Gasteiger partial charge in [-0.05, 0) is 43.4 Å². The zero-order chi connectivity index (χ0) is 33.5. The molecule has 0 heterocycles. The summed E-state index contributed by atoms with van der Waals surface area (Å²) >= 11 is 0. The van der Waals surface area contributed by atoms with Crippen molar-refractivity contribution in [1.82, 2.24) is 0 Å². The minimum Gasteiger partial charge on any atom is -0.507 e. The molecular formula is C35H38O10. The molecule has 0 spiro atoms. The normalized spacial score (nSPS) is 34.2. The van der Waals surface area contributed by atoms with Gasteiger partial charge in [0.2, 0.25) is 0 Å². The van der Waals surface area contributed by atoms with Crippen molar-refractivity contribution in [2.45, 2.75) is 72.5 Å². The van der Waals surface area contributed by atoms with Crippen LogP contribution < -0.4 is 4.74 Å². The fraction of sp³-hybridized carbons (Fsp3) is 0.486. The van der Waals surface area contributed by atoms with E-state index in [0.717, 1.165) is 12.5 Å². The predicted molar refractivity (Wildman–Crippen MR) is 160 cm³/mol. The zero-order valence-corrected chi connectivity index (χ0v) is 26.3. The molecule has 2 aromatic carbocycles. The Morgan fingerprint density at radius 1 is 0.978 bits per heavy atom. The van der Waals surface area contributed by atoms with Gasteiger partial charge in [-0.2, -0.15) is 0 Å². The smallest absolute Gasteiger partial charge is 0.315 e. The molecule has 0 bridgehead atoms. The molecule has 10 heteroatoms. The van der Waals surface area contributed by atoms with Crippen LogP contribution in [-0.4, -0.2) is 61.9 Å². The third kappa shape index (κ3) is 4.14. The van der Waals surface area contributed by atoms with Gasteiger partial charge < -0.3 is 20.1 Å². The summed E-state index contributed by atoms with van der Waals surface area (Å²) < 4.78 is 5.37. The molecule has 3 aliphatic rings. The van der Waals surface area contributed by atoms with E-state index in [1.807, 2.05) is 6.92 Å². The molecule has 0 saturated heterocycles. The molecule has 3 unspecified atom stereocenters. The Labute approximate surface area is 260 Å². The van der Waals surface area contributed by atoms with Gasteiger partial charge in [-0.3, -0.25) is 28.8 Å². The van der Waals surface area contributed by atoms with E-state index in [9.17, 15) is 44.1 Å². The van der Waals surface area contributed by atoms with Gasteiger partial charge in [0.15, 0.2) is 28.7 Å². The number of hydrogen-bond acceptors (Lipinski definition) is 10. The number of benzene rings is 2. The van der Waals surface area contributed by atoms with E-state index in [2.05, 4.69) is 0 Å². The first-order valence-corrected chi connectivity index (χ1v) is 15.1. The summed E-state index contributed by atoms with van der Waals surface area (Å²) in [4.78, 5) is 81.6. The number of phenols is 1. The number of esters is 1. The Kier molecular flexibility index (Phi) is 7.57. The highest BCUT2D eigenvalue weighted by Crippen LogP contribution is 2.66. The molecule has 8 atom stereocenters. The number of fused-ring (bicyclic) bond motifs is 3. The maximum absolute atomic E-state index is 14.5. The number of phenolic OH excluding ortho intramolecular Hbond substituents is 1. The monoisotopic (exact) mass is 618 g/mol. The van der Waals surface area contributed by atoms with Gasteiger partial charge in [-0.1, -0.05) is 64.4 Å². The number of hydrogen-bond donors (Lipinski definition) is 3. The minimum atomic E-state index is -3.05. The summed E-state index contributed by atoms with van der Waals surface area (Å²) in [6, 6.07) is 9.77. The topological polar surface area (TPSA) is 172 Å². The molecule has 0 amide bonds. The predicted octanol–water partition coefficient (Wildman–Crippen LogP) is 3.08. The van der Waals surface area contributed by atoms with Crippen LogP contribution in [0.2, 0.25) is 0 Å². The molecule has 2 fully saturated rings. The van der Waals surface area contributed by atoms with Gasteiger partial charge in [0.05, 0.1) is 24.0 Å². The van der Waals surface area contributed by atoms with Crippen molar-refractivity contribution in [1.29, 1.82) is 0 Å². The van der Waals surface area contributed by atoms with Gasteiger partial charge in [0, 0.05) is 22.3 Å². The number of ether oxygens (including phenoxy) is 1. The van der Waals surface area contributed by atoms with Crippen LogP contribution in [0.1, 0.15) is 74.5 Å². The van der Waals surface area contributed by atoms with Crippen LogP contribution in [0.25, 0.3) is 0 Å². The van der Waals surface area contributed by atoms with Crippen molar-refractivity contribution in [3.63, 3.8) is 0 Å². The van der Waals surface area contributed by atoms with Crippen molar-refractivity contribution in [3.8, 4) is 11.5 Å². The maximum atomic E-state index is 14.5. The van der Waals surface area contributed by atoms with E-state index in [1.165, 1.54) is 26.0 Å². The Morgan fingerprint density at radius 2 is 1.58 bits per heavy atom. The number of Topliss-reactive ketones (excluding diaryl/α,β-unsaturated/α-hetero) is 5. The number of carbonyl (C=O) groups excluding carboxylic acids is 6. The number of rotatable bonds is 5. The SMILES string of the molecule is CC(=O)C1C(=O)C(C(C)C)[C@@]2(C)[C@H](O)[C@]3(C)C(C(=O)c4c(ccc(CC(=O)Oc5ccc(C)cc5)c4O)[C@H]3C)C(=O)[C@@]2(O)C1=O. The summed E-state index contributed by atoms with van der Waals surface area (Å²) in [7, 11) is 0. The van der Waals surface area contributed by atoms with Crippen LogP contribution in [0, 0.1) is 41.4 Å². The third-order valence-corrected chi connectivity index (χ3v) is 10.9. The molecule has 5 rings (SSSR count). The molecular weight excluding hydrogens is 580 g/mol. The second-order valence-electron chi connectivity index (χ2n) is 13.7. The van der Waals surface area contributed by atoms with Crippen LogP contribution in [-0.2, 0) is 30.4 Å². The van der Waals surface area contributed by atoms with Crippen LogP contribution in [0.4, 0.5) is 0 Å². The lowest BCUT2D eigenvalue weighted by Crippen LogP contribution is -2.81. The number of aliphatic hydroxyl groups is 2. The summed E-state index contributed by atoms with van der Waals surface area (Å²) in [5.41, 5.74) is -5.70. The van der Waals surface area contributed by atoms with Crippen molar-refractivity contribution < 1.29 is 48.8 Å². The average Bonchev–Trinajstić information content (AvgIpc) is 2.95. The van der Waals surface area contributed by atoms with Crippen molar-refractivity contribution in [3.05, 3.63) is 58.7 Å². The van der Waals surface area contributed by atoms with Gasteiger partial charge >= 0.3 is 5.97 Å². The summed E-state index contributed by atoms with van der Waals surface area (Å²) in [5.74, 6) is -12.5. The molecule has 3 aliphatic carbocycles. The lowest BCUT2D eigenvalue weighted by Gasteiger charge is -2.65. The first-order chi connectivity index (χ1) is 20.9. The first-order valence-electron chi connectivity index (χ1n) is 15.1. The number of carbonyl (C=O) groups is 6. The molecule has 0 aliphatic heterocycles. The van der Waals surface area contributed by atoms with Crippen LogP contribution in [0.15, 0.2) is 36.4 Å². The fourth-order valence-electron chi connectivity index (χ4n) is 8.47. The standard InChI is InChI=1S/C35H38O10/c1-15(2)25-28(39)23(18(5)36)30(41)35(44)31(42)26-29(40)24-21(17(4)33(26,6)32(43)34(25,35)7)13-10-19(27(24)38)14-22(37)45-20-11-8-16(3)9-12-20/h8-13,15,17,23,25-26,32,38,43-44H,14H2,1-7H3/t17-,23?,25?,26?,32-,33+,34+,35+/m1/s1. The molecule has 238 valence electrons. The highest BCUT2D eigenvalue weighted by atomic mass is 16.5. The third-order valence-electron chi connectivity index (χ3n) is 10.9. The molecule has 2 saturated carbocycles. The van der Waals surface area contributed by atoms with Crippen LogP contribution in [0.5, 0.6) is 11.5 Å². The lowest BCUT2D eigenvalue weighted by atomic mass is 9.37. The van der Waals surface area contributed by atoms with Crippen LogP contribution in [0.3, 0.4) is 0 Å². The maximum Gasteiger partial charge on any atom is 0.315 e. The highest BCUT2D eigenvalue weighted by molar-refractivity contribution is 6.33. The van der Waals surface area contributed by atoms with E-state index in [4.69, 9.17) is 4.74 Å². The number of aromatic hydroxyl groups is 1. The first kappa shape index (κ1) is 32.4. The van der Waals surface area contributed by atoms with Crippen molar-refractivity contribution in [2.24, 2.45) is 34.5 Å². The number of ketones is 5. The fourth-order valence-corrected chi connectivity index (χ4v) is 8.47. The van der Waals surface area contributed by atoms with Crippen LogP contribution >= 0.6 is 0 Å². The van der Waals surface area contributed by atoms with Crippen molar-refractivity contribution in [2.75, 3.05) is 0 Å². The van der Waals surface area contributed by atoms with E-state index in [1.54, 1.807) is 45.0 Å². The second kappa shape index (κ2) is 10.5. The Hall–Kier alpha value is -4.02. The Bertz CT molecular complexity index is 1670. The molecule has 2 aromatic rings. The summed E-state index contributed by atoms with van der Waals surface area (Å²) in [6.45, 7) is 10.6. The van der Waals surface area contributed by atoms with E-state index in [0.29, 0.717) is 11.3 Å². The average molecular weight is 619 g/mol. The molecule has 0 radical (unpaired) electrons. The number of aryl methyl sites for hydroxylation is 1. The second-order valence-corrected chi connectivity index (χ2v) is 13.7. The van der Waals surface area contributed by atoms with E-state index < -0.39 is 99.2 Å². The Morgan fingerprint density at radius 3 is 2.13 bits per heavy atom. The molecule has 3 N–H and O–H groups in total. The summed E-state index contributed by atoms with van der Waals surface area (Å²) in [6.07, 6.45) is -2.16. The highest BCUT2D eigenvalue weighted by Gasteiger charge is 2.80. The van der Waals surface area contributed by atoms with E-state index in [-0.39, 0.29) is 11.1 Å². The zero-order valence-electron chi connectivity index (χ0n) is 26.3. The van der Waals surface area contributed by atoms with Gasteiger partial charge in [-0.15, -0.1) is 0 Å². The molecule has 45 heavy (non-hydrogen) atoms. The van der Waals surface area contributed by atoms with Crippen molar-refractivity contribution >= 4 is 34.9 Å². The quantitative estimate of drug-likeness (QED) is 0.257. The largest absolute Gasteiger partial charge is 0.507 e. The number of aliphatic hydroxyl groups excluding tert-OH is 1. The van der Waals surface area contributed by atoms with Gasteiger partial charge in [0.25, 0.3) is 0 Å².